The van der Waals surface area contributed by atoms with Gasteiger partial charge in [-0.1, -0.05) is 6.07 Å². The molecule has 0 saturated carbocycles. The lowest BCUT2D eigenvalue weighted by molar-refractivity contribution is 0.0526. The van der Waals surface area contributed by atoms with Gasteiger partial charge in [-0.05, 0) is 30.7 Å². The third-order valence-electron chi connectivity index (χ3n) is 3.12. The summed E-state index contributed by atoms with van der Waals surface area (Å²) in [4.78, 5) is 15.9. The van der Waals surface area contributed by atoms with Crippen molar-refractivity contribution in [3.8, 4) is 22.6 Å². The second-order valence-corrected chi connectivity index (χ2v) is 4.54. The van der Waals surface area contributed by atoms with Crippen LogP contribution in [0, 0.1) is 0 Å². The number of fused-ring (bicyclic) bond motifs is 1. The van der Waals surface area contributed by atoms with E-state index in [0.717, 1.165) is 16.9 Å². The molecule has 0 N–H and O–H groups in total. The van der Waals surface area contributed by atoms with E-state index in [1.807, 2.05) is 18.2 Å². The molecule has 0 fully saturated rings. The molecule has 0 saturated heterocycles. The molecule has 0 atom stereocenters. The summed E-state index contributed by atoms with van der Waals surface area (Å²) in [7, 11) is 0. The van der Waals surface area contributed by atoms with Gasteiger partial charge in [0.15, 0.2) is 11.5 Å². The Morgan fingerprint density at radius 2 is 1.95 bits per heavy atom. The van der Waals surface area contributed by atoms with Crippen molar-refractivity contribution in [2.45, 2.75) is 6.92 Å². The fraction of sp³-hybridized carbons (Fsp3) is 0.250. The maximum atomic E-state index is 11.8. The van der Waals surface area contributed by atoms with Gasteiger partial charge in [0.25, 0.3) is 0 Å². The Balaban J connectivity index is 1.93. The highest BCUT2D eigenvalue weighted by Gasteiger charge is 2.14. The molecular weight excluding hydrogens is 270 g/mol. The zero-order valence-corrected chi connectivity index (χ0v) is 11.7. The third kappa shape index (κ3) is 2.81. The summed E-state index contributed by atoms with van der Waals surface area (Å²) in [6.45, 7) is 3.22. The fourth-order valence-electron chi connectivity index (χ4n) is 2.15. The van der Waals surface area contributed by atoms with Crippen molar-refractivity contribution >= 4 is 5.97 Å². The van der Waals surface area contributed by atoms with E-state index in [1.54, 1.807) is 19.2 Å². The van der Waals surface area contributed by atoms with Gasteiger partial charge in [0.1, 0.15) is 13.2 Å². The Morgan fingerprint density at radius 1 is 1.14 bits per heavy atom. The number of carbonyl (C=O) groups is 1. The molecule has 2 aromatic rings. The predicted octanol–water partition coefficient (Wildman–Crippen LogP) is 2.70. The molecule has 0 bridgehead atoms. The van der Waals surface area contributed by atoms with E-state index in [2.05, 4.69) is 4.98 Å². The van der Waals surface area contributed by atoms with E-state index in [0.29, 0.717) is 31.1 Å². The van der Waals surface area contributed by atoms with Crippen LogP contribution in [0.2, 0.25) is 0 Å². The maximum Gasteiger partial charge on any atom is 0.339 e. The molecule has 1 aliphatic heterocycles. The summed E-state index contributed by atoms with van der Waals surface area (Å²) in [5, 5.41) is 0. The van der Waals surface area contributed by atoms with Crippen LogP contribution in [0.3, 0.4) is 0 Å². The molecule has 0 spiro atoms. The predicted molar refractivity (Wildman–Crippen MR) is 76.6 cm³/mol. The quantitative estimate of drug-likeness (QED) is 0.811. The molecule has 108 valence electrons. The van der Waals surface area contributed by atoms with Gasteiger partial charge >= 0.3 is 5.97 Å². The van der Waals surface area contributed by atoms with Crippen molar-refractivity contribution in [1.82, 2.24) is 4.98 Å². The average Bonchev–Trinajstić information content (AvgIpc) is 2.55. The third-order valence-corrected chi connectivity index (χ3v) is 3.12. The molecule has 1 aliphatic rings. The van der Waals surface area contributed by atoms with E-state index >= 15 is 0 Å². The highest BCUT2D eigenvalue weighted by Crippen LogP contribution is 2.34. The number of pyridine rings is 1. The van der Waals surface area contributed by atoms with E-state index in [1.165, 1.54) is 6.20 Å². The largest absolute Gasteiger partial charge is 0.486 e. The van der Waals surface area contributed by atoms with Crippen molar-refractivity contribution in [1.29, 1.82) is 0 Å². The molecule has 1 aromatic heterocycles. The Morgan fingerprint density at radius 3 is 2.76 bits per heavy atom. The van der Waals surface area contributed by atoms with Crippen LogP contribution in [0.1, 0.15) is 17.3 Å². The first-order valence-electron chi connectivity index (χ1n) is 6.80. The van der Waals surface area contributed by atoms with Crippen molar-refractivity contribution in [3.63, 3.8) is 0 Å². The number of esters is 1. The first-order valence-corrected chi connectivity index (χ1v) is 6.80. The van der Waals surface area contributed by atoms with Gasteiger partial charge < -0.3 is 14.2 Å². The molecule has 0 unspecified atom stereocenters. The number of hydrogen-bond acceptors (Lipinski definition) is 5. The van der Waals surface area contributed by atoms with Crippen LogP contribution >= 0.6 is 0 Å². The fourth-order valence-corrected chi connectivity index (χ4v) is 2.15. The van der Waals surface area contributed by atoms with E-state index in [-0.39, 0.29) is 5.97 Å². The normalized spacial score (nSPS) is 12.8. The molecule has 2 heterocycles. The van der Waals surface area contributed by atoms with Gasteiger partial charge in [-0.25, -0.2) is 4.79 Å². The van der Waals surface area contributed by atoms with Gasteiger partial charge in [0.05, 0.1) is 12.2 Å². The summed E-state index contributed by atoms with van der Waals surface area (Å²) >= 11 is 0. The minimum Gasteiger partial charge on any atom is -0.486 e. The second-order valence-electron chi connectivity index (χ2n) is 4.54. The van der Waals surface area contributed by atoms with Gasteiger partial charge in [-0.3, -0.25) is 4.98 Å². The summed E-state index contributed by atoms with van der Waals surface area (Å²) in [5.74, 6) is 1.07. The SMILES string of the molecule is CCOC(=O)c1cncc(-c2ccc3c(c2)OCCO3)c1. The van der Waals surface area contributed by atoms with Crippen LogP contribution in [-0.2, 0) is 4.74 Å². The second kappa shape index (κ2) is 5.83. The molecule has 3 rings (SSSR count). The van der Waals surface area contributed by atoms with Gasteiger partial charge in [0.2, 0.25) is 0 Å². The monoisotopic (exact) mass is 285 g/mol. The van der Waals surface area contributed by atoms with E-state index in [9.17, 15) is 4.79 Å². The molecule has 0 amide bonds. The maximum absolute atomic E-state index is 11.8. The smallest absolute Gasteiger partial charge is 0.339 e. The molecule has 21 heavy (non-hydrogen) atoms. The van der Waals surface area contributed by atoms with Crippen molar-refractivity contribution in [2.75, 3.05) is 19.8 Å². The molecular formula is C16H15NO4. The van der Waals surface area contributed by atoms with Crippen molar-refractivity contribution < 1.29 is 19.0 Å². The Labute approximate surface area is 122 Å². The number of aromatic nitrogens is 1. The minimum atomic E-state index is -0.371. The summed E-state index contributed by atoms with van der Waals surface area (Å²) in [5.41, 5.74) is 2.18. The van der Waals surface area contributed by atoms with Gasteiger partial charge in [-0.2, -0.15) is 0 Å². The zero-order valence-electron chi connectivity index (χ0n) is 11.7. The Kier molecular flexibility index (Phi) is 3.73. The van der Waals surface area contributed by atoms with Crippen LogP contribution in [0.4, 0.5) is 0 Å². The number of ether oxygens (including phenoxy) is 3. The summed E-state index contributed by atoms with van der Waals surface area (Å²) < 4.78 is 16.0. The summed E-state index contributed by atoms with van der Waals surface area (Å²) in [6.07, 6.45) is 3.20. The standard InChI is InChI=1S/C16H15NO4/c1-2-19-16(18)13-7-12(9-17-10-13)11-3-4-14-15(8-11)21-6-5-20-14/h3-4,7-10H,2,5-6H2,1H3. The topological polar surface area (TPSA) is 57.7 Å². The average molecular weight is 285 g/mol. The first-order chi connectivity index (χ1) is 10.3. The molecule has 1 aromatic carbocycles. The lowest BCUT2D eigenvalue weighted by Gasteiger charge is -2.18. The van der Waals surface area contributed by atoms with Gasteiger partial charge in [0, 0.05) is 18.0 Å². The van der Waals surface area contributed by atoms with Crippen LogP contribution in [0.25, 0.3) is 11.1 Å². The number of rotatable bonds is 3. The first kappa shape index (κ1) is 13.4. The highest BCUT2D eigenvalue weighted by molar-refractivity contribution is 5.90. The lowest BCUT2D eigenvalue weighted by atomic mass is 10.1. The van der Waals surface area contributed by atoms with Crippen LogP contribution < -0.4 is 9.47 Å². The molecule has 5 heteroatoms. The zero-order chi connectivity index (χ0) is 14.7. The Bertz CT molecular complexity index is 669. The van der Waals surface area contributed by atoms with Crippen LogP contribution in [0.15, 0.2) is 36.7 Å². The van der Waals surface area contributed by atoms with Crippen molar-refractivity contribution in [2.24, 2.45) is 0 Å². The van der Waals surface area contributed by atoms with Gasteiger partial charge in [-0.15, -0.1) is 0 Å². The van der Waals surface area contributed by atoms with E-state index in [4.69, 9.17) is 14.2 Å². The van der Waals surface area contributed by atoms with Crippen molar-refractivity contribution in [3.05, 3.63) is 42.2 Å². The minimum absolute atomic E-state index is 0.340. The van der Waals surface area contributed by atoms with Crippen LogP contribution in [-0.4, -0.2) is 30.8 Å². The molecule has 0 radical (unpaired) electrons. The van der Waals surface area contributed by atoms with Crippen LogP contribution in [0.5, 0.6) is 11.5 Å². The van der Waals surface area contributed by atoms with E-state index < -0.39 is 0 Å². The number of nitrogens with zero attached hydrogens (tertiary/aromatic N) is 1. The summed E-state index contributed by atoms with van der Waals surface area (Å²) in [6, 6.07) is 7.43. The molecule has 0 aliphatic carbocycles. The number of hydrogen-bond donors (Lipinski definition) is 0. The molecule has 5 nitrogen and oxygen atoms in total. The number of carbonyl (C=O) groups excluding carboxylic acids is 1. The highest BCUT2D eigenvalue weighted by atomic mass is 16.6. The lowest BCUT2D eigenvalue weighted by Crippen LogP contribution is -2.15. The Hall–Kier alpha value is -2.56. The number of benzene rings is 1.